The number of nitrogens with zero attached hydrogens (tertiary/aromatic N) is 1. The Bertz CT molecular complexity index is 1360. The van der Waals surface area contributed by atoms with Crippen LogP contribution in [0, 0.1) is 0 Å². The Hall–Kier alpha value is -4.98. The van der Waals surface area contributed by atoms with Gasteiger partial charge in [0.05, 0.1) is 12.8 Å². The van der Waals surface area contributed by atoms with Gasteiger partial charge in [-0.1, -0.05) is 60.7 Å². The van der Waals surface area contributed by atoms with Crippen molar-refractivity contribution in [3.8, 4) is 11.5 Å². The molecule has 1 aliphatic rings. The summed E-state index contributed by atoms with van der Waals surface area (Å²) in [6.07, 6.45) is 4.16. The molecule has 0 unspecified atom stereocenters. The van der Waals surface area contributed by atoms with Gasteiger partial charge < -0.3 is 9.47 Å². The van der Waals surface area contributed by atoms with Crippen LogP contribution >= 0.6 is 0 Å². The van der Waals surface area contributed by atoms with E-state index in [1.807, 2.05) is 30.3 Å². The van der Waals surface area contributed by atoms with Gasteiger partial charge in [-0.2, -0.15) is 0 Å². The molecule has 8 nitrogen and oxygen atoms in total. The second-order valence-corrected chi connectivity index (χ2v) is 7.33. The van der Waals surface area contributed by atoms with Crippen LogP contribution in [0.25, 0.3) is 12.2 Å². The number of carbonyl (C=O) groups excluding carboxylic acids is 4. The molecule has 0 aliphatic carbocycles. The third-order valence-corrected chi connectivity index (χ3v) is 5.07. The van der Waals surface area contributed by atoms with Crippen LogP contribution in [0.3, 0.4) is 0 Å². The quantitative estimate of drug-likeness (QED) is 0.254. The van der Waals surface area contributed by atoms with E-state index in [2.05, 4.69) is 5.32 Å². The number of barbiturate groups is 1. The molecule has 4 rings (SSSR count). The van der Waals surface area contributed by atoms with Crippen molar-refractivity contribution in [2.45, 2.75) is 0 Å². The van der Waals surface area contributed by atoms with Gasteiger partial charge in [0.15, 0.2) is 0 Å². The number of urea groups is 1. The van der Waals surface area contributed by atoms with Crippen molar-refractivity contribution in [3.63, 3.8) is 0 Å². The molecule has 4 amide bonds. The molecule has 0 bridgehead atoms. The predicted octanol–water partition coefficient (Wildman–Crippen LogP) is 3.98. The van der Waals surface area contributed by atoms with Crippen molar-refractivity contribution in [2.24, 2.45) is 0 Å². The molecule has 0 spiro atoms. The van der Waals surface area contributed by atoms with Crippen LogP contribution in [0.15, 0.2) is 90.5 Å². The van der Waals surface area contributed by atoms with Crippen LogP contribution in [0.1, 0.15) is 11.1 Å². The van der Waals surface area contributed by atoms with Gasteiger partial charge >= 0.3 is 12.0 Å². The number of carbonyl (C=O) groups is 4. The summed E-state index contributed by atoms with van der Waals surface area (Å²) in [6.45, 7) is 0. The number of methoxy groups -OCH3 is 1. The van der Waals surface area contributed by atoms with Crippen LogP contribution in [0.2, 0.25) is 0 Å². The van der Waals surface area contributed by atoms with Crippen molar-refractivity contribution >= 4 is 41.7 Å². The first-order chi connectivity index (χ1) is 17.0. The average molecular weight is 468 g/mol. The number of anilines is 1. The van der Waals surface area contributed by atoms with Crippen molar-refractivity contribution in [2.75, 3.05) is 12.0 Å². The first-order valence-corrected chi connectivity index (χ1v) is 10.6. The van der Waals surface area contributed by atoms with Crippen molar-refractivity contribution in [1.82, 2.24) is 5.32 Å². The van der Waals surface area contributed by atoms with Gasteiger partial charge in [0.2, 0.25) is 0 Å². The minimum absolute atomic E-state index is 0.143. The summed E-state index contributed by atoms with van der Waals surface area (Å²) in [4.78, 5) is 51.4. The van der Waals surface area contributed by atoms with Crippen LogP contribution < -0.4 is 19.7 Å². The van der Waals surface area contributed by atoms with E-state index in [0.29, 0.717) is 5.56 Å². The number of para-hydroxylation sites is 3. The summed E-state index contributed by atoms with van der Waals surface area (Å²) in [7, 11) is 1.41. The summed E-state index contributed by atoms with van der Waals surface area (Å²) in [5, 5.41) is 2.16. The fourth-order valence-electron chi connectivity index (χ4n) is 3.41. The highest BCUT2D eigenvalue weighted by molar-refractivity contribution is 6.39. The van der Waals surface area contributed by atoms with Crippen molar-refractivity contribution in [1.29, 1.82) is 0 Å². The van der Waals surface area contributed by atoms with Gasteiger partial charge in [0.1, 0.15) is 17.1 Å². The van der Waals surface area contributed by atoms with E-state index in [-0.39, 0.29) is 22.8 Å². The monoisotopic (exact) mass is 468 g/mol. The van der Waals surface area contributed by atoms with Crippen molar-refractivity contribution in [3.05, 3.63) is 102 Å². The van der Waals surface area contributed by atoms with E-state index in [4.69, 9.17) is 9.47 Å². The molecule has 174 valence electrons. The molecule has 3 aromatic rings. The van der Waals surface area contributed by atoms with E-state index >= 15 is 0 Å². The van der Waals surface area contributed by atoms with Crippen LogP contribution in [0.4, 0.5) is 10.5 Å². The molecule has 35 heavy (non-hydrogen) atoms. The lowest BCUT2D eigenvalue weighted by atomic mass is 10.1. The maximum absolute atomic E-state index is 13.2. The Morgan fingerprint density at radius 2 is 1.51 bits per heavy atom. The normalized spacial score (nSPS) is 14.8. The maximum atomic E-state index is 13.2. The van der Waals surface area contributed by atoms with Crippen LogP contribution in [-0.2, 0) is 14.4 Å². The van der Waals surface area contributed by atoms with Crippen molar-refractivity contribution < 1.29 is 28.7 Å². The second-order valence-electron chi connectivity index (χ2n) is 7.33. The molecule has 8 heteroatoms. The zero-order valence-corrected chi connectivity index (χ0v) is 18.6. The predicted molar refractivity (Wildman–Crippen MR) is 130 cm³/mol. The minimum Gasteiger partial charge on any atom is -0.495 e. The number of ether oxygens (including phenoxy) is 2. The molecule has 1 fully saturated rings. The van der Waals surface area contributed by atoms with Gasteiger partial charge in [-0.05, 0) is 35.9 Å². The van der Waals surface area contributed by atoms with E-state index in [1.165, 1.54) is 31.4 Å². The molecule has 0 atom stereocenters. The summed E-state index contributed by atoms with van der Waals surface area (Å²) in [5.74, 6) is -1.91. The van der Waals surface area contributed by atoms with Gasteiger partial charge in [0.25, 0.3) is 11.8 Å². The van der Waals surface area contributed by atoms with Crippen LogP contribution in [-0.4, -0.2) is 30.9 Å². The Morgan fingerprint density at radius 1 is 0.857 bits per heavy atom. The van der Waals surface area contributed by atoms with Crippen LogP contribution in [0.5, 0.6) is 11.5 Å². The third kappa shape index (κ3) is 5.17. The standard InChI is InChI=1S/C27H20N2O6/c1-34-23-14-8-6-12-21(23)29-26(32)20(25(31)28-27(29)33)17-19-11-5-7-13-22(19)35-24(30)16-15-18-9-3-2-4-10-18/h2-17H,1H3,(H,28,31,33)/b16-15+,20-17-. The van der Waals surface area contributed by atoms with E-state index in [9.17, 15) is 19.2 Å². The number of amides is 4. The van der Waals surface area contributed by atoms with E-state index < -0.39 is 23.8 Å². The zero-order valence-electron chi connectivity index (χ0n) is 18.6. The van der Waals surface area contributed by atoms with Gasteiger partial charge in [-0.15, -0.1) is 0 Å². The molecule has 3 aromatic carbocycles. The number of benzene rings is 3. The largest absolute Gasteiger partial charge is 0.495 e. The second kappa shape index (κ2) is 10.3. The van der Waals surface area contributed by atoms with E-state index in [1.54, 1.807) is 42.5 Å². The number of rotatable bonds is 6. The molecule has 0 saturated carbocycles. The number of nitrogens with one attached hydrogen (secondary N) is 1. The molecular formula is C27H20N2O6. The lowest BCUT2D eigenvalue weighted by Gasteiger charge is -2.27. The minimum atomic E-state index is -0.896. The molecule has 0 aromatic heterocycles. The molecule has 1 N–H and O–H groups in total. The molecule has 1 heterocycles. The summed E-state index contributed by atoms with van der Waals surface area (Å²) >= 11 is 0. The first-order valence-electron chi connectivity index (χ1n) is 10.6. The summed E-state index contributed by atoms with van der Waals surface area (Å²) < 4.78 is 10.7. The Labute approximate surface area is 201 Å². The van der Waals surface area contributed by atoms with Gasteiger partial charge in [-0.3, -0.25) is 14.9 Å². The fraction of sp³-hybridized carbons (Fsp3) is 0.0370. The smallest absolute Gasteiger partial charge is 0.336 e. The SMILES string of the molecule is COc1ccccc1N1C(=O)NC(=O)/C(=C/c2ccccc2OC(=O)/C=C/c2ccccc2)C1=O. The number of esters is 1. The molecular weight excluding hydrogens is 448 g/mol. The fourth-order valence-corrected chi connectivity index (χ4v) is 3.41. The topological polar surface area (TPSA) is 102 Å². The highest BCUT2D eigenvalue weighted by atomic mass is 16.5. The number of hydrogen-bond donors (Lipinski definition) is 1. The third-order valence-electron chi connectivity index (χ3n) is 5.07. The highest BCUT2D eigenvalue weighted by Gasteiger charge is 2.38. The Balaban J connectivity index is 1.63. The Kier molecular flexibility index (Phi) is 6.83. The number of hydrogen-bond acceptors (Lipinski definition) is 6. The molecule has 1 aliphatic heterocycles. The highest BCUT2D eigenvalue weighted by Crippen LogP contribution is 2.31. The summed E-state index contributed by atoms with van der Waals surface area (Å²) in [5.41, 5.74) is 1.01. The maximum Gasteiger partial charge on any atom is 0.336 e. The summed E-state index contributed by atoms with van der Waals surface area (Å²) in [6, 6.07) is 21.2. The van der Waals surface area contributed by atoms with E-state index in [0.717, 1.165) is 10.5 Å². The van der Waals surface area contributed by atoms with Gasteiger partial charge in [-0.25, -0.2) is 14.5 Å². The molecule has 1 saturated heterocycles. The van der Waals surface area contributed by atoms with Gasteiger partial charge in [0, 0.05) is 11.6 Å². The number of imide groups is 2. The first kappa shape index (κ1) is 23.2. The lowest BCUT2D eigenvalue weighted by molar-refractivity contribution is -0.129. The Morgan fingerprint density at radius 3 is 2.26 bits per heavy atom. The molecule has 0 radical (unpaired) electrons. The lowest BCUT2D eigenvalue weighted by Crippen LogP contribution is -2.54. The zero-order chi connectivity index (χ0) is 24.8. The average Bonchev–Trinajstić information content (AvgIpc) is 2.87.